The van der Waals surface area contributed by atoms with Crippen LogP contribution >= 0.6 is 0 Å². The Labute approximate surface area is 112 Å². The van der Waals surface area contributed by atoms with Crippen molar-refractivity contribution in [2.24, 2.45) is 5.10 Å². The highest BCUT2D eigenvalue weighted by Crippen LogP contribution is 2.19. The van der Waals surface area contributed by atoms with E-state index in [0.717, 1.165) is 5.56 Å². The number of hydrogen-bond acceptors (Lipinski definition) is 6. The summed E-state index contributed by atoms with van der Waals surface area (Å²) in [7, 11) is 0. The molecule has 0 aliphatic carbocycles. The molecule has 1 heterocycles. The molecule has 0 fully saturated rings. The number of aromatic nitrogens is 2. The first-order valence-corrected chi connectivity index (χ1v) is 5.46. The number of hydrogen-bond donors (Lipinski definition) is 3. The molecule has 0 atom stereocenters. The minimum absolute atomic E-state index is 0.320. The van der Waals surface area contributed by atoms with Gasteiger partial charge in [0, 0.05) is 0 Å². The van der Waals surface area contributed by atoms with Crippen LogP contribution in [0.3, 0.4) is 0 Å². The fourth-order valence-electron chi connectivity index (χ4n) is 1.58. The minimum Gasteiger partial charge on any atom is -0.316 e. The predicted octanol–water partition coefficient (Wildman–Crippen LogP) is 0.340. The Morgan fingerprint density at radius 3 is 2.25 bits per heavy atom. The van der Waals surface area contributed by atoms with Crippen molar-refractivity contribution in [1.82, 2.24) is 9.97 Å². The van der Waals surface area contributed by atoms with Gasteiger partial charge in [-0.25, -0.2) is 0 Å². The first-order chi connectivity index (χ1) is 9.55. The Bertz CT molecular complexity index is 891. The van der Waals surface area contributed by atoms with Crippen molar-refractivity contribution in [1.29, 1.82) is 10.5 Å². The molecule has 1 aromatic carbocycles. The monoisotopic (exact) mass is 268 g/mol. The Morgan fingerprint density at radius 1 is 1.15 bits per heavy atom. The number of benzene rings is 1. The zero-order chi connectivity index (χ0) is 14.7. The molecule has 0 saturated carbocycles. The maximum Gasteiger partial charge on any atom is 0.314 e. The quantitative estimate of drug-likeness (QED) is 0.409. The normalized spacial score (nSPS) is 9.55. The number of nitriles is 2. The van der Waals surface area contributed by atoms with Crippen LogP contribution in [0.15, 0.2) is 26.8 Å². The van der Waals surface area contributed by atoms with Crippen molar-refractivity contribution in [3.8, 4) is 12.1 Å². The molecule has 0 saturated heterocycles. The number of nitrogens with one attached hydrogen (secondary N) is 3. The predicted molar refractivity (Wildman–Crippen MR) is 72.2 cm³/mol. The lowest BCUT2D eigenvalue weighted by Gasteiger charge is -2.06. The highest BCUT2D eigenvalue weighted by atomic mass is 16.2. The van der Waals surface area contributed by atoms with Gasteiger partial charge in [0.05, 0.1) is 16.7 Å². The maximum atomic E-state index is 11.3. The van der Waals surface area contributed by atoms with Gasteiger partial charge in [0.1, 0.15) is 12.1 Å². The van der Waals surface area contributed by atoms with Crippen LogP contribution in [-0.4, -0.2) is 15.7 Å². The fraction of sp³-hybridized carbons (Fsp3) is 0.0833. The minimum atomic E-state index is -0.759. The van der Waals surface area contributed by atoms with Gasteiger partial charge in [-0.15, -0.1) is 0 Å². The molecule has 0 amide bonds. The van der Waals surface area contributed by atoms with E-state index in [1.165, 1.54) is 0 Å². The van der Waals surface area contributed by atoms with E-state index in [4.69, 9.17) is 10.5 Å². The van der Waals surface area contributed by atoms with Gasteiger partial charge < -0.3 is 9.97 Å². The SMILES string of the molecule is Cc1cc2[nH]c(=O)c(=O)[nH]c2cc1NN=C(C#N)C#N. The van der Waals surface area contributed by atoms with Gasteiger partial charge in [0.25, 0.3) is 0 Å². The van der Waals surface area contributed by atoms with Crippen molar-refractivity contribution >= 4 is 22.4 Å². The Kier molecular flexibility index (Phi) is 3.32. The zero-order valence-corrected chi connectivity index (χ0v) is 10.3. The van der Waals surface area contributed by atoms with E-state index in [1.807, 2.05) is 0 Å². The van der Waals surface area contributed by atoms with Crippen LogP contribution in [0, 0.1) is 29.6 Å². The van der Waals surface area contributed by atoms with Crippen LogP contribution in [0.25, 0.3) is 11.0 Å². The smallest absolute Gasteiger partial charge is 0.314 e. The van der Waals surface area contributed by atoms with Gasteiger partial charge >= 0.3 is 11.1 Å². The molecule has 0 aliphatic heterocycles. The summed E-state index contributed by atoms with van der Waals surface area (Å²) in [6, 6.07) is 6.43. The summed E-state index contributed by atoms with van der Waals surface area (Å²) in [6.45, 7) is 1.75. The van der Waals surface area contributed by atoms with Crippen molar-refractivity contribution in [2.75, 3.05) is 5.43 Å². The molecule has 0 radical (unpaired) electrons. The largest absolute Gasteiger partial charge is 0.316 e. The molecule has 8 nitrogen and oxygen atoms in total. The summed E-state index contributed by atoms with van der Waals surface area (Å²) in [5.41, 5.74) is 2.87. The lowest BCUT2D eigenvalue weighted by molar-refractivity contribution is 1.14. The standard InChI is InChI=1S/C12H8N6O2/c1-6-2-9-10(16-12(20)11(19)15-9)3-8(6)18-17-7(4-13)5-14/h2-3,18H,1H3,(H,15,19)(H,16,20). The molecule has 3 N–H and O–H groups in total. The first kappa shape index (κ1) is 13.1. The van der Waals surface area contributed by atoms with Crippen LogP contribution in [0.5, 0.6) is 0 Å². The van der Waals surface area contributed by atoms with Crippen LogP contribution in [0.1, 0.15) is 5.56 Å². The molecular formula is C12H8N6O2. The third-order valence-corrected chi connectivity index (χ3v) is 2.57. The summed E-state index contributed by atoms with van der Waals surface area (Å²) >= 11 is 0. The summed E-state index contributed by atoms with van der Waals surface area (Å²) in [4.78, 5) is 27.3. The molecule has 0 aliphatic rings. The lowest BCUT2D eigenvalue weighted by atomic mass is 10.2. The topological polar surface area (TPSA) is 138 Å². The van der Waals surface area contributed by atoms with Gasteiger partial charge in [-0.05, 0) is 24.6 Å². The van der Waals surface area contributed by atoms with Crippen LogP contribution < -0.4 is 16.5 Å². The molecule has 20 heavy (non-hydrogen) atoms. The zero-order valence-electron chi connectivity index (χ0n) is 10.3. The van der Waals surface area contributed by atoms with E-state index in [9.17, 15) is 9.59 Å². The molecule has 0 spiro atoms. The fourth-order valence-corrected chi connectivity index (χ4v) is 1.58. The van der Waals surface area contributed by atoms with Gasteiger partial charge in [-0.2, -0.15) is 15.6 Å². The second-order valence-corrected chi connectivity index (χ2v) is 3.92. The van der Waals surface area contributed by atoms with E-state index in [1.54, 1.807) is 31.2 Å². The van der Waals surface area contributed by atoms with E-state index < -0.39 is 11.1 Å². The average molecular weight is 268 g/mol. The van der Waals surface area contributed by atoms with Gasteiger partial charge in [-0.3, -0.25) is 15.0 Å². The molecule has 2 aromatic rings. The highest BCUT2D eigenvalue weighted by molar-refractivity contribution is 6.10. The van der Waals surface area contributed by atoms with Crippen molar-refractivity contribution in [2.45, 2.75) is 6.92 Å². The number of aryl methyl sites for hydroxylation is 1. The van der Waals surface area contributed by atoms with Gasteiger partial charge in [0.2, 0.25) is 5.71 Å². The Hall–Kier alpha value is -3.39. The van der Waals surface area contributed by atoms with Crippen molar-refractivity contribution in [3.05, 3.63) is 38.4 Å². The number of H-pyrrole nitrogens is 2. The summed E-state index contributed by atoms with van der Waals surface area (Å²) in [5.74, 6) is 0. The van der Waals surface area contributed by atoms with E-state index in [0.29, 0.717) is 16.7 Å². The number of rotatable bonds is 2. The van der Waals surface area contributed by atoms with Crippen LogP contribution in [-0.2, 0) is 0 Å². The average Bonchev–Trinajstić information content (AvgIpc) is 2.42. The molecule has 2 rings (SSSR count). The number of nitrogens with zero attached hydrogens (tertiary/aromatic N) is 3. The van der Waals surface area contributed by atoms with Crippen molar-refractivity contribution in [3.63, 3.8) is 0 Å². The summed E-state index contributed by atoms with van der Waals surface area (Å²) in [6.07, 6.45) is 0. The second kappa shape index (κ2) is 5.08. The van der Waals surface area contributed by atoms with Crippen LogP contribution in [0.4, 0.5) is 5.69 Å². The third-order valence-electron chi connectivity index (χ3n) is 2.57. The second-order valence-electron chi connectivity index (χ2n) is 3.92. The van der Waals surface area contributed by atoms with Crippen molar-refractivity contribution < 1.29 is 0 Å². The van der Waals surface area contributed by atoms with Crippen LogP contribution in [0.2, 0.25) is 0 Å². The number of fused-ring (bicyclic) bond motifs is 1. The van der Waals surface area contributed by atoms with E-state index in [-0.39, 0.29) is 5.71 Å². The van der Waals surface area contributed by atoms with Gasteiger partial charge in [-0.1, -0.05) is 0 Å². The Balaban J connectivity index is 2.54. The summed E-state index contributed by atoms with van der Waals surface area (Å²) < 4.78 is 0. The molecule has 8 heteroatoms. The van der Waals surface area contributed by atoms with E-state index in [2.05, 4.69) is 20.5 Å². The number of anilines is 1. The molecule has 0 bridgehead atoms. The van der Waals surface area contributed by atoms with Gasteiger partial charge in [0.15, 0.2) is 0 Å². The van der Waals surface area contributed by atoms with E-state index >= 15 is 0 Å². The molecular weight excluding hydrogens is 260 g/mol. The highest BCUT2D eigenvalue weighted by Gasteiger charge is 2.04. The molecule has 1 aromatic heterocycles. The third kappa shape index (κ3) is 2.40. The number of hydrazone groups is 1. The summed E-state index contributed by atoms with van der Waals surface area (Å²) in [5, 5.41) is 20.8. The Morgan fingerprint density at radius 2 is 1.70 bits per heavy atom. The molecule has 0 unspecified atom stereocenters. The maximum absolute atomic E-state index is 11.3. The number of aromatic amines is 2. The lowest BCUT2D eigenvalue weighted by Crippen LogP contribution is -2.28. The molecule has 98 valence electrons. The first-order valence-electron chi connectivity index (χ1n) is 5.46.